The Morgan fingerprint density at radius 3 is 2.67 bits per heavy atom. The van der Waals surface area contributed by atoms with Gasteiger partial charge in [0.25, 0.3) is 10.0 Å². The first-order valence-corrected chi connectivity index (χ1v) is 8.72. The van der Waals surface area contributed by atoms with E-state index in [-0.39, 0.29) is 10.8 Å². The van der Waals surface area contributed by atoms with Crippen molar-refractivity contribution in [2.75, 3.05) is 30.3 Å². The molecule has 5 nitrogen and oxygen atoms in total. The standard InChI is InChI=1S/C14H18N2O3S2/c1-16(2)12-5-3-4-11(10-12)15-21(18,19)14-7-6-13(20-14)8-9-17/h3-7,10,15,17H,8-9H2,1-2H3. The van der Waals surface area contributed by atoms with Gasteiger partial charge in [-0.2, -0.15) is 0 Å². The monoisotopic (exact) mass is 326 g/mol. The van der Waals surface area contributed by atoms with Crippen LogP contribution in [0.25, 0.3) is 0 Å². The van der Waals surface area contributed by atoms with E-state index < -0.39 is 10.0 Å². The summed E-state index contributed by atoms with van der Waals surface area (Å²) in [5.74, 6) is 0. The molecule has 0 amide bonds. The zero-order valence-corrected chi connectivity index (χ0v) is 13.5. The van der Waals surface area contributed by atoms with Gasteiger partial charge in [0.15, 0.2) is 0 Å². The van der Waals surface area contributed by atoms with Gasteiger partial charge in [0.1, 0.15) is 4.21 Å². The van der Waals surface area contributed by atoms with Crippen LogP contribution in [0, 0.1) is 0 Å². The summed E-state index contributed by atoms with van der Waals surface area (Å²) in [5.41, 5.74) is 1.45. The third-order valence-corrected chi connectivity index (χ3v) is 5.89. The third kappa shape index (κ3) is 3.96. The molecular formula is C14H18N2O3S2. The molecular weight excluding hydrogens is 308 g/mol. The van der Waals surface area contributed by atoms with E-state index in [2.05, 4.69) is 4.72 Å². The van der Waals surface area contributed by atoms with Gasteiger partial charge in [-0.25, -0.2) is 8.42 Å². The lowest BCUT2D eigenvalue weighted by molar-refractivity contribution is 0.300. The molecule has 0 radical (unpaired) electrons. The molecule has 0 aliphatic rings. The highest BCUT2D eigenvalue weighted by atomic mass is 32.2. The van der Waals surface area contributed by atoms with E-state index in [1.807, 2.05) is 25.1 Å². The number of rotatable bonds is 6. The Balaban J connectivity index is 2.22. The zero-order valence-electron chi connectivity index (χ0n) is 11.9. The molecule has 21 heavy (non-hydrogen) atoms. The Bertz CT molecular complexity index is 709. The normalized spacial score (nSPS) is 11.4. The second-order valence-corrected chi connectivity index (χ2v) is 7.82. The molecule has 2 aromatic rings. The van der Waals surface area contributed by atoms with Gasteiger partial charge in [-0.1, -0.05) is 6.07 Å². The van der Waals surface area contributed by atoms with Crippen LogP contribution in [-0.2, 0) is 16.4 Å². The van der Waals surface area contributed by atoms with E-state index in [0.717, 1.165) is 10.6 Å². The lowest BCUT2D eigenvalue weighted by atomic mass is 10.3. The van der Waals surface area contributed by atoms with Crippen molar-refractivity contribution < 1.29 is 13.5 Å². The molecule has 1 aromatic carbocycles. The van der Waals surface area contributed by atoms with E-state index in [9.17, 15) is 8.42 Å². The smallest absolute Gasteiger partial charge is 0.271 e. The lowest BCUT2D eigenvalue weighted by Gasteiger charge is -2.14. The van der Waals surface area contributed by atoms with Crippen molar-refractivity contribution in [1.82, 2.24) is 0 Å². The van der Waals surface area contributed by atoms with E-state index in [4.69, 9.17) is 5.11 Å². The fourth-order valence-corrected chi connectivity index (χ4v) is 4.19. The summed E-state index contributed by atoms with van der Waals surface area (Å²) in [6.45, 7) is 0.0122. The minimum absolute atomic E-state index is 0.0122. The van der Waals surface area contributed by atoms with Crippen LogP contribution < -0.4 is 9.62 Å². The van der Waals surface area contributed by atoms with Crippen molar-refractivity contribution in [3.63, 3.8) is 0 Å². The molecule has 7 heteroatoms. The summed E-state index contributed by atoms with van der Waals surface area (Å²) in [5, 5.41) is 8.89. The number of aliphatic hydroxyl groups is 1. The molecule has 0 saturated heterocycles. The fraction of sp³-hybridized carbons (Fsp3) is 0.286. The molecule has 2 N–H and O–H groups in total. The number of thiophene rings is 1. The molecule has 0 unspecified atom stereocenters. The van der Waals surface area contributed by atoms with Crippen LogP contribution in [0.2, 0.25) is 0 Å². The van der Waals surface area contributed by atoms with E-state index in [1.54, 1.807) is 30.3 Å². The predicted octanol–water partition coefficient (Wildman–Crippen LogP) is 2.15. The molecule has 2 rings (SSSR count). The van der Waals surface area contributed by atoms with Crippen molar-refractivity contribution in [3.8, 4) is 0 Å². The number of aliphatic hydroxyl groups excluding tert-OH is 1. The molecule has 1 aromatic heterocycles. The largest absolute Gasteiger partial charge is 0.396 e. The van der Waals surface area contributed by atoms with Crippen LogP contribution in [0.4, 0.5) is 11.4 Å². The van der Waals surface area contributed by atoms with Gasteiger partial charge in [0, 0.05) is 37.7 Å². The van der Waals surface area contributed by atoms with Gasteiger partial charge in [-0.05, 0) is 30.3 Å². The maximum atomic E-state index is 12.3. The van der Waals surface area contributed by atoms with Gasteiger partial charge in [-0.3, -0.25) is 4.72 Å². The molecule has 0 spiro atoms. The molecule has 0 atom stereocenters. The van der Waals surface area contributed by atoms with Gasteiger partial charge in [-0.15, -0.1) is 11.3 Å². The molecule has 0 aliphatic carbocycles. The summed E-state index contributed by atoms with van der Waals surface area (Å²) in [7, 11) is 0.209. The number of nitrogens with one attached hydrogen (secondary N) is 1. The average Bonchev–Trinajstić information content (AvgIpc) is 2.88. The molecule has 0 aliphatic heterocycles. The second kappa shape index (κ2) is 6.46. The minimum Gasteiger partial charge on any atom is -0.396 e. The van der Waals surface area contributed by atoms with Crippen molar-refractivity contribution in [2.24, 2.45) is 0 Å². The Morgan fingerprint density at radius 1 is 1.24 bits per heavy atom. The first kappa shape index (κ1) is 15.8. The first-order valence-electron chi connectivity index (χ1n) is 6.42. The summed E-state index contributed by atoms with van der Waals surface area (Å²) < 4.78 is 27.5. The Kier molecular flexibility index (Phi) is 4.87. The van der Waals surface area contributed by atoms with Crippen LogP contribution in [0.3, 0.4) is 0 Å². The zero-order chi connectivity index (χ0) is 15.5. The van der Waals surface area contributed by atoms with E-state index >= 15 is 0 Å². The number of hydrogen-bond acceptors (Lipinski definition) is 5. The van der Waals surface area contributed by atoms with Gasteiger partial charge >= 0.3 is 0 Å². The minimum atomic E-state index is -3.58. The van der Waals surface area contributed by atoms with Crippen LogP contribution in [0.5, 0.6) is 0 Å². The highest BCUT2D eigenvalue weighted by Gasteiger charge is 2.17. The summed E-state index contributed by atoms with van der Waals surface area (Å²) >= 11 is 1.17. The quantitative estimate of drug-likeness (QED) is 0.853. The average molecular weight is 326 g/mol. The van der Waals surface area contributed by atoms with Gasteiger partial charge in [0.05, 0.1) is 5.69 Å². The maximum absolute atomic E-state index is 12.3. The van der Waals surface area contributed by atoms with Gasteiger partial charge in [0.2, 0.25) is 0 Å². The second-order valence-electron chi connectivity index (χ2n) is 4.74. The van der Waals surface area contributed by atoms with Crippen molar-refractivity contribution in [3.05, 3.63) is 41.3 Å². The molecule has 1 heterocycles. The fourth-order valence-electron chi connectivity index (χ4n) is 1.80. The molecule has 0 fully saturated rings. The van der Waals surface area contributed by atoms with E-state index in [0.29, 0.717) is 12.1 Å². The molecule has 0 bridgehead atoms. The number of anilines is 2. The summed E-state index contributed by atoms with van der Waals surface area (Å²) in [4.78, 5) is 2.75. The SMILES string of the molecule is CN(C)c1cccc(NS(=O)(=O)c2ccc(CCO)s2)c1. The maximum Gasteiger partial charge on any atom is 0.271 e. The first-order chi connectivity index (χ1) is 9.92. The van der Waals surface area contributed by atoms with Crippen LogP contribution in [0.1, 0.15) is 4.88 Å². The highest BCUT2D eigenvalue weighted by Crippen LogP contribution is 2.25. The number of benzene rings is 1. The Hall–Kier alpha value is -1.57. The third-order valence-electron chi connectivity index (χ3n) is 2.87. The van der Waals surface area contributed by atoms with Crippen molar-refractivity contribution in [2.45, 2.75) is 10.6 Å². The number of nitrogens with zero attached hydrogens (tertiary/aromatic N) is 1. The van der Waals surface area contributed by atoms with Crippen LogP contribution in [-0.4, -0.2) is 34.2 Å². The van der Waals surface area contributed by atoms with Crippen LogP contribution >= 0.6 is 11.3 Å². The van der Waals surface area contributed by atoms with Crippen LogP contribution in [0.15, 0.2) is 40.6 Å². The topological polar surface area (TPSA) is 69.6 Å². The van der Waals surface area contributed by atoms with Crippen molar-refractivity contribution in [1.29, 1.82) is 0 Å². The van der Waals surface area contributed by atoms with Gasteiger partial charge < -0.3 is 10.0 Å². The number of sulfonamides is 1. The molecule has 114 valence electrons. The Labute approximate surface area is 128 Å². The lowest BCUT2D eigenvalue weighted by Crippen LogP contribution is -2.13. The summed E-state index contributed by atoms with van der Waals surface area (Å²) in [6, 6.07) is 10.5. The summed E-state index contributed by atoms with van der Waals surface area (Å²) in [6.07, 6.45) is 0.469. The highest BCUT2D eigenvalue weighted by molar-refractivity contribution is 7.94. The molecule has 0 saturated carbocycles. The predicted molar refractivity (Wildman–Crippen MR) is 86.7 cm³/mol. The van der Waals surface area contributed by atoms with Crippen molar-refractivity contribution >= 4 is 32.7 Å². The number of hydrogen-bond donors (Lipinski definition) is 2. The van der Waals surface area contributed by atoms with E-state index in [1.165, 1.54) is 11.3 Å². The Morgan fingerprint density at radius 2 is 2.00 bits per heavy atom.